The van der Waals surface area contributed by atoms with Gasteiger partial charge in [-0.15, -0.1) is 0 Å². The van der Waals surface area contributed by atoms with Crippen LogP contribution in [0.5, 0.6) is 0 Å². The Morgan fingerprint density at radius 2 is 2.00 bits per heavy atom. The van der Waals surface area contributed by atoms with Crippen LogP contribution in [0.3, 0.4) is 0 Å². The van der Waals surface area contributed by atoms with Crippen LogP contribution in [-0.2, 0) is 17.8 Å². The highest BCUT2D eigenvalue weighted by molar-refractivity contribution is 5.88. The maximum Gasteiger partial charge on any atom is 0.325 e. The number of carbonyl (C=O) groups excluding carboxylic acids is 1. The summed E-state index contributed by atoms with van der Waals surface area (Å²) in [4.78, 5) is 22.2. The van der Waals surface area contributed by atoms with E-state index in [9.17, 15) is 9.59 Å². The van der Waals surface area contributed by atoms with Crippen molar-refractivity contribution in [1.29, 1.82) is 0 Å². The van der Waals surface area contributed by atoms with Crippen molar-refractivity contribution in [3.8, 4) is 0 Å². The maximum atomic E-state index is 11.7. The summed E-state index contributed by atoms with van der Waals surface area (Å²) in [6.45, 7) is 0.274. The molecule has 0 aliphatic rings. The first-order valence-electron chi connectivity index (χ1n) is 6.46. The summed E-state index contributed by atoms with van der Waals surface area (Å²) in [5.74, 6) is -0.989. The number of carbonyl (C=O) groups is 2. The minimum atomic E-state index is -0.989. The van der Waals surface area contributed by atoms with Crippen molar-refractivity contribution in [2.24, 2.45) is 0 Å². The van der Waals surface area contributed by atoms with Gasteiger partial charge >= 0.3 is 12.0 Å². The molecule has 2 aromatic rings. The highest BCUT2D eigenvalue weighted by Crippen LogP contribution is 2.04. The number of aliphatic carboxylic acids is 1. The topological polar surface area (TPSA) is 96.2 Å². The van der Waals surface area contributed by atoms with Crippen molar-refractivity contribution < 1.29 is 14.7 Å². The van der Waals surface area contributed by atoms with Crippen LogP contribution in [0, 0.1) is 0 Å². The lowest BCUT2D eigenvalue weighted by Crippen LogP contribution is -2.30. The molecule has 0 fully saturated rings. The molecule has 0 bridgehead atoms. The van der Waals surface area contributed by atoms with E-state index in [-0.39, 0.29) is 12.6 Å². The number of hydrogen-bond acceptors (Lipinski definition) is 3. The van der Waals surface area contributed by atoms with Crippen LogP contribution in [-0.4, -0.2) is 33.4 Å². The summed E-state index contributed by atoms with van der Waals surface area (Å²) in [7, 11) is 0. The van der Waals surface area contributed by atoms with E-state index in [1.54, 1.807) is 0 Å². The van der Waals surface area contributed by atoms with Crippen LogP contribution < -0.4 is 10.6 Å². The molecular weight excluding hydrogens is 272 g/mol. The quantitative estimate of drug-likeness (QED) is 0.747. The van der Waals surface area contributed by atoms with Crippen molar-refractivity contribution in [3.63, 3.8) is 0 Å². The van der Waals surface area contributed by atoms with Gasteiger partial charge in [-0.05, 0) is 12.0 Å². The summed E-state index contributed by atoms with van der Waals surface area (Å²) >= 11 is 0. The molecule has 0 saturated carbocycles. The lowest BCUT2D eigenvalue weighted by Gasteiger charge is -2.05. The van der Waals surface area contributed by atoms with Gasteiger partial charge < -0.3 is 15.7 Å². The normalized spacial score (nSPS) is 10.1. The van der Waals surface area contributed by atoms with Gasteiger partial charge in [-0.3, -0.25) is 9.48 Å². The lowest BCUT2D eigenvalue weighted by molar-refractivity contribution is -0.137. The molecule has 0 atom stereocenters. The predicted octanol–water partition coefficient (Wildman–Crippen LogP) is 1.33. The van der Waals surface area contributed by atoms with Gasteiger partial charge in [0.15, 0.2) is 0 Å². The minimum Gasteiger partial charge on any atom is -0.480 e. The zero-order valence-corrected chi connectivity index (χ0v) is 11.3. The fraction of sp³-hybridized carbons (Fsp3) is 0.214. The Morgan fingerprint density at radius 3 is 2.71 bits per heavy atom. The van der Waals surface area contributed by atoms with Crippen molar-refractivity contribution >= 4 is 17.7 Å². The number of aromatic nitrogens is 2. The molecule has 1 aromatic heterocycles. The lowest BCUT2D eigenvalue weighted by atomic mass is 10.1. The summed E-state index contributed by atoms with van der Waals surface area (Å²) in [5.41, 5.74) is 1.60. The zero-order chi connectivity index (χ0) is 15.1. The molecule has 1 aromatic carbocycles. The Labute approximate surface area is 121 Å². The van der Waals surface area contributed by atoms with Crippen LogP contribution >= 0.6 is 0 Å². The molecule has 2 amide bonds. The maximum absolute atomic E-state index is 11.7. The number of nitrogens with one attached hydrogen (secondary N) is 2. The molecule has 0 spiro atoms. The van der Waals surface area contributed by atoms with Crippen molar-refractivity contribution in [1.82, 2.24) is 15.1 Å². The molecule has 110 valence electrons. The third-order valence-corrected chi connectivity index (χ3v) is 2.73. The predicted molar refractivity (Wildman–Crippen MR) is 77.0 cm³/mol. The van der Waals surface area contributed by atoms with Gasteiger partial charge in [0.25, 0.3) is 0 Å². The molecule has 21 heavy (non-hydrogen) atoms. The number of benzene rings is 1. The summed E-state index contributed by atoms with van der Waals surface area (Å²) in [6.07, 6.45) is 3.61. The molecule has 3 N–H and O–H groups in total. The first kappa shape index (κ1) is 14.6. The van der Waals surface area contributed by atoms with Crippen molar-refractivity contribution in [3.05, 3.63) is 48.3 Å². The van der Waals surface area contributed by atoms with E-state index in [1.807, 2.05) is 30.3 Å². The third-order valence-electron chi connectivity index (χ3n) is 2.73. The highest BCUT2D eigenvalue weighted by Gasteiger charge is 2.05. The highest BCUT2D eigenvalue weighted by atomic mass is 16.4. The number of nitrogens with zero attached hydrogens (tertiary/aromatic N) is 2. The SMILES string of the molecule is O=C(O)Cn1cc(NC(=O)NCCc2ccccc2)cn1. The fourth-order valence-electron chi connectivity index (χ4n) is 1.79. The van der Waals surface area contributed by atoms with Crippen LogP contribution in [0.25, 0.3) is 0 Å². The molecule has 1 heterocycles. The summed E-state index contributed by atoms with van der Waals surface area (Å²) < 4.78 is 1.24. The number of amides is 2. The van der Waals surface area contributed by atoms with Gasteiger partial charge in [-0.2, -0.15) is 5.10 Å². The van der Waals surface area contributed by atoms with E-state index in [4.69, 9.17) is 5.11 Å². The average molecular weight is 288 g/mol. The first-order chi connectivity index (χ1) is 10.1. The first-order valence-corrected chi connectivity index (χ1v) is 6.46. The number of urea groups is 1. The second-order valence-corrected chi connectivity index (χ2v) is 4.44. The van der Waals surface area contributed by atoms with Gasteiger partial charge in [0, 0.05) is 12.7 Å². The standard InChI is InChI=1S/C14H16N4O3/c19-13(20)10-18-9-12(8-16-18)17-14(21)15-7-6-11-4-2-1-3-5-11/h1-5,8-9H,6-7,10H2,(H,19,20)(H2,15,17,21). The Bertz CT molecular complexity index is 610. The fourth-order valence-corrected chi connectivity index (χ4v) is 1.79. The van der Waals surface area contributed by atoms with Crippen molar-refractivity contribution in [2.75, 3.05) is 11.9 Å². The van der Waals surface area contributed by atoms with E-state index in [2.05, 4.69) is 15.7 Å². The van der Waals surface area contributed by atoms with Crippen molar-refractivity contribution in [2.45, 2.75) is 13.0 Å². The van der Waals surface area contributed by atoms with Crippen LogP contribution in [0.4, 0.5) is 10.5 Å². The van der Waals surface area contributed by atoms with Gasteiger partial charge in [-0.25, -0.2) is 4.79 Å². The van der Waals surface area contributed by atoms with E-state index >= 15 is 0 Å². The van der Waals surface area contributed by atoms with Crippen LogP contribution in [0.2, 0.25) is 0 Å². The van der Waals surface area contributed by atoms with Crippen LogP contribution in [0.15, 0.2) is 42.7 Å². The number of rotatable bonds is 6. The summed E-state index contributed by atoms with van der Waals surface area (Å²) in [5, 5.41) is 17.8. The molecule has 0 radical (unpaired) electrons. The Hall–Kier alpha value is -2.83. The number of carboxylic acid groups (broad SMARTS) is 1. The minimum absolute atomic E-state index is 0.239. The molecular formula is C14H16N4O3. The average Bonchev–Trinajstić information content (AvgIpc) is 2.86. The Kier molecular flexibility index (Phi) is 4.92. The molecule has 0 saturated heterocycles. The van der Waals surface area contributed by atoms with E-state index < -0.39 is 5.97 Å². The monoisotopic (exact) mass is 288 g/mol. The number of carboxylic acids is 1. The van der Waals surface area contributed by atoms with E-state index in [0.29, 0.717) is 12.2 Å². The molecule has 0 aliphatic carbocycles. The van der Waals surface area contributed by atoms with Crippen LogP contribution in [0.1, 0.15) is 5.56 Å². The van der Waals surface area contributed by atoms with Gasteiger partial charge in [0.05, 0.1) is 11.9 Å². The zero-order valence-electron chi connectivity index (χ0n) is 11.3. The largest absolute Gasteiger partial charge is 0.480 e. The molecule has 0 unspecified atom stereocenters. The van der Waals surface area contributed by atoms with Gasteiger partial charge in [-0.1, -0.05) is 30.3 Å². The molecule has 7 nitrogen and oxygen atoms in total. The van der Waals surface area contributed by atoms with E-state index in [1.165, 1.54) is 17.1 Å². The van der Waals surface area contributed by atoms with E-state index in [0.717, 1.165) is 12.0 Å². The second-order valence-electron chi connectivity index (χ2n) is 4.44. The Morgan fingerprint density at radius 1 is 1.24 bits per heavy atom. The van der Waals surface area contributed by atoms with Gasteiger partial charge in [0.2, 0.25) is 0 Å². The molecule has 0 aliphatic heterocycles. The van der Waals surface area contributed by atoms with Gasteiger partial charge in [0.1, 0.15) is 6.54 Å². The molecule has 2 rings (SSSR count). The smallest absolute Gasteiger partial charge is 0.325 e. The second kappa shape index (κ2) is 7.09. The summed E-state index contributed by atoms with van der Waals surface area (Å²) in [6, 6.07) is 9.49. The number of anilines is 1. The number of hydrogen-bond donors (Lipinski definition) is 3. The third kappa shape index (κ3) is 4.98. The molecule has 7 heteroatoms. The Balaban J connectivity index is 1.74.